The van der Waals surface area contributed by atoms with Gasteiger partial charge in [-0.25, -0.2) is 4.79 Å². The number of methoxy groups -OCH3 is 1. The number of rotatable bonds is 3. The molecule has 0 saturated heterocycles. The Morgan fingerprint density at radius 1 is 1.47 bits per heavy atom. The molecule has 0 amide bonds. The quantitative estimate of drug-likeness (QED) is 0.863. The Hall–Kier alpha value is -1.42. The molecule has 82 valence electrons. The number of nitrogens with zero attached hydrogens (tertiary/aromatic N) is 1. The maximum Gasteiger partial charge on any atom is 0.335 e. The predicted molar refractivity (Wildman–Crippen MR) is 59.3 cm³/mol. The number of aromatic carboxylic acids is 1. The van der Waals surface area contributed by atoms with Gasteiger partial charge < -0.3 is 14.7 Å². The van der Waals surface area contributed by atoms with Gasteiger partial charge in [0.05, 0.1) is 23.4 Å². The Balaban J connectivity index is 3.38. The van der Waals surface area contributed by atoms with Crippen molar-refractivity contribution in [2.24, 2.45) is 0 Å². The molecular formula is C10H12ClNO3. The van der Waals surface area contributed by atoms with E-state index in [9.17, 15) is 4.79 Å². The highest BCUT2D eigenvalue weighted by Gasteiger charge is 2.14. The topological polar surface area (TPSA) is 49.8 Å². The number of carboxylic acids is 1. The van der Waals surface area contributed by atoms with E-state index >= 15 is 0 Å². The van der Waals surface area contributed by atoms with Crippen LogP contribution in [0.4, 0.5) is 5.69 Å². The van der Waals surface area contributed by atoms with E-state index in [1.54, 1.807) is 19.0 Å². The van der Waals surface area contributed by atoms with Crippen molar-refractivity contribution in [2.75, 3.05) is 26.1 Å². The largest absolute Gasteiger partial charge is 0.493 e. The summed E-state index contributed by atoms with van der Waals surface area (Å²) in [5.41, 5.74) is 0.784. The normalized spacial score (nSPS) is 9.87. The van der Waals surface area contributed by atoms with Gasteiger partial charge in [0.15, 0.2) is 5.75 Å². The Morgan fingerprint density at radius 3 is 2.47 bits per heavy atom. The van der Waals surface area contributed by atoms with Gasteiger partial charge in [0, 0.05) is 14.1 Å². The van der Waals surface area contributed by atoms with Gasteiger partial charge in [-0.2, -0.15) is 0 Å². The zero-order valence-electron chi connectivity index (χ0n) is 8.74. The summed E-state index contributed by atoms with van der Waals surface area (Å²) in [7, 11) is 5.08. The fraction of sp³-hybridized carbons (Fsp3) is 0.300. The monoisotopic (exact) mass is 229 g/mol. The number of ether oxygens (including phenoxy) is 1. The summed E-state index contributed by atoms with van der Waals surface area (Å²) in [5.74, 6) is -0.533. The molecule has 1 N–H and O–H groups in total. The summed E-state index contributed by atoms with van der Waals surface area (Å²) in [6.45, 7) is 0. The first-order chi connectivity index (χ1) is 6.97. The van der Waals surface area contributed by atoms with E-state index < -0.39 is 5.97 Å². The third-order valence-corrected chi connectivity index (χ3v) is 2.24. The van der Waals surface area contributed by atoms with Crippen LogP contribution in [-0.4, -0.2) is 32.3 Å². The molecule has 15 heavy (non-hydrogen) atoms. The summed E-state index contributed by atoms with van der Waals surface area (Å²) in [6, 6.07) is 2.89. The van der Waals surface area contributed by atoms with Gasteiger partial charge in [0.1, 0.15) is 0 Å². The van der Waals surface area contributed by atoms with Crippen molar-refractivity contribution in [1.82, 2.24) is 0 Å². The maximum atomic E-state index is 10.8. The molecule has 0 spiro atoms. The molecular weight excluding hydrogens is 218 g/mol. The highest BCUT2D eigenvalue weighted by molar-refractivity contribution is 6.33. The van der Waals surface area contributed by atoms with Crippen LogP contribution in [0, 0.1) is 0 Å². The standard InChI is InChI=1S/C10H12ClNO3/c1-12(2)8-5-6(10(13)14)4-7(11)9(8)15-3/h4-5H,1-3H3,(H,13,14). The number of carbonyl (C=O) groups is 1. The SMILES string of the molecule is COc1c(Cl)cc(C(=O)O)cc1N(C)C. The summed E-state index contributed by atoms with van der Waals surface area (Å²) in [4.78, 5) is 12.6. The molecule has 5 heteroatoms. The number of benzene rings is 1. The molecule has 4 nitrogen and oxygen atoms in total. The lowest BCUT2D eigenvalue weighted by molar-refractivity contribution is 0.0697. The summed E-state index contributed by atoms with van der Waals surface area (Å²) in [6.07, 6.45) is 0. The van der Waals surface area contributed by atoms with Crippen LogP contribution in [0.15, 0.2) is 12.1 Å². The minimum Gasteiger partial charge on any atom is -0.493 e. The lowest BCUT2D eigenvalue weighted by Gasteiger charge is -2.18. The van der Waals surface area contributed by atoms with Crippen LogP contribution in [0.2, 0.25) is 5.02 Å². The fourth-order valence-electron chi connectivity index (χ4n) is 1.24. The highest BCUT2D eigenvalue weighted by atomic mass is 35.5. The van der Waals surface area contributed by atoms with E-state index in [-0.39, 0.29) is 5.56 Å². The molecule has 0 aliphatic carbocycles. The van der Waals surface area contributed by atoms with Gasteiger partial charge in [-0.05, 0) is 12.1 Å². The highest BCUT2D eigenvalue weighted by Crippen LogP contribution is 2.35. The third-order valence-electron chi connectivity index (χ3n) is 1.96. The number of hydrogen-bond acceptors (Lipinski definition) is 3. The molecule has 0 unspecified atom stereocenters. The molecule has 0 aromatic heterocycles. The summed E-state index contributed by atoms with van der Waals surface area (Å²) in [5, 5.41) is 9.15. The maximum absolute atomic E-state index is 10.8. The smallest absolute Gasteiger partial charge is 0.335 e. The number of halogens is 1. The molecule has 0 aliphatic heterocycles. The van der Waals surface area contributed by atoms with Gasteiger partial charge in [0.25, 0.3) is 0 Å². The summed E-state index contributed by atoms with van der Waals surface area (Å²) < 4.78 is 5.11. The van der Waals surface area contributed by atoms with Crippen molar-refractivity contribution in [3.8, 4) is 5.75 Å². The van der Waals surface area contributed by atoms with Crippen molar-refractivity contribution in [3.63, 3.8) is 0 Å². The first-order valence-electron chi connectivity index (χ1n) is 4.25. The van der Waals surface area contributed by atoms with Crippen LogP contribution in [0.1, 0.15) is 10.4 Å². The van der Waals surface area contributed by atoms with Crippen molar-refractivity contribution in [1.29, 1.82) is 0 Å². The number of carboxylic acid groups (broad SMARTS) is 1. The average Bonchev–Trinajstić information content (AvgIpc) is 2.16. The molecule has 0 atom stereocenters. The van der Waals surface area contributed by atoms with E-state index in [4.69, 9.17) is 21.4 Å². The number of anilines is 1. The van der Waals surface area contributed by atoms with Gasteiger partial charge >= 0.3 is 5.97 Å². The van der Waals surface area contributed by atoms with Crippen LogP contribution in [-0.2, 0) is 0 Å². The molecule has 0 saturated carbocycles. The molecule has 1 rings (SSSR count). The number of hydrogen-bond donors (Lipinski definition) is 1. The van der Waals surface area contributed by atoms with Crippen LogP contribution < -0.4 is 9.64 Å². The zero-order chi connectivity index (χ0) is 11.6. The molecule has 1 aromatic carbocycles. The predicted octanol–water partition coefficient (Wildman–Crippen LogP) is 2.11. The van der Waals surface area contributed by atoms with Gasteiger partial charge in [-0.1, -0.05) is 11.6 Å². The van der Waals surface area contributed by atoms with E-state index in [0.29, 0.717) is 16.5 Å². The van der Waals surface area contributed by atoms with Gasteiger partial charge in [0.2, 0.25) is 0 Å². The van der Waals surface area contributed by atoms with E-state index in [0.717, 1.165) is 0 Å². The molecule has 0 aliphatic rings. The average molecular weight is 230 g/mol. The Labute approximate surface area is 93.0 Å². The first-order valence-corrected chi connectivity index (χ1v) is 4.63. The lowest BCUT2D eigenvalue weighted by Crippen LogP contribution is -2.11. The van der Waals surface area contributed by atoms with E-state index in [1.165, 1.54) is 19.2 Å². The van der Waals surface area contributed by atoms with E-state index in [2.05, 4.69) is 0 Å². The molecule has 1 aromatic rings. The molecule has 0 bridgehead atoms. The second-order valence-corrected chi connectivity index (χ2v) is 3.62. The van der Waals surface area contributed by atoms with Gasteiger partial charge in [-0.3, -0.25) is 0 Å². The van der Waals surface area contributed by atoms with Crippen molar-refractivity contribution >= 4 is 23.3 Å². The summed E-state index contributed by atoms with van der Waals surface area (Å²) >= 11 is 5.91. The Bertz CT molecular complexity index is 390. The second-order valence-electron chi connectivity index (χ2n) is 3.21. The fourth-order valence-corrected chi connectivity index (χ4v) is 1.53. The lowest BCUT2D eigenvalue weighted by atomic mass is 10.1. The molecule has 0 radical (unpaired) electrons. The molecule has 0 fully saturated rings. The van der Waals surface area contributed by atoms with Crippen molar-refractivity contribution in [3.05, 3.63) is 22.7 Å². The van der Waals surface area contributed by atoms with Crippen LogP contribution >= 0.6 is 11.6 Å². The minimum atomic E-state index is -1.01. The van der Waals surface area contributed by atoms with Gasteiger partial charge in [-0.15, -0.1) is 0 Å². The second kappa shape index (κ2) is 4.40. The third kappa shape index (κ3) is 2.33. The minimum absolute atomic E-state index is 0.143. The van der Waals surface area contributed by atoms with Crippen LogP contribution in [0.5, 0.6) is 5.75 Å². The van der Waals surface area contributed by atoms with Crippen molar-refractivity contribution in [2.45, 2.75) is 0 Å². The zero-order valence-corrected chi connectivity index (χ0v) is 9.50. The van der Waals surface area contributed by atoms with Crippen LogP contribution in [0.25, 0.3) is 0 Å². The first kappa shape index (κ1) is 11.7. The molecule has 0 heterocycles. The van der Waals surface area contributed by atoms with E-state index in [1.807, 2.05) is 0 Å². The van der Waals surface area contributed by atoms with Crippen molar-refractivity contribution < 1.29 is 14.6 Å². The Kier molecular flexibility index (Phi) is 3.42. The Morgan fingerprint density at radius 2 is 2.07 bits per heavy atom. The van der Waals surface area contributed by atoms with Crippen LogP contribution in [0.3, 0.4) is 0 Å².